The maximum absolute atomic E-state index is 12.2. The highest BCUT2D eigenvalue weighted by Gasteiger charge is 2.33. The number of azo groups is 1. The van der Waals surface area contributed by atoms with Crippen LogP contribution in [0.25, 0.3) is 5.57 Å². The zero-order valence-electron chi connectivity index (χ0n) is 13.3. The van der Waals surface area contributed by atoms with Crippen LogP contribution in [0.15, 0.2) is 46.1 Å². The van der Waals surface area contributed by atoms with Gasteiger partial charge in [0.2, 0.25) is 0 Å². The number of rotatable bonds is 6. The van der Waals surface area contributed by atoms with E-state index in [9.17, 15) is 4.79 Å². The molecule has 0 spiro atoms. The number of thioether (sulfide) groups is 1. The second-order valence-corrected chi connectivity index (χ2v) is 6.21. The molecule has 0 amide bonds. The van der Waals surface area contributed by atoms with Crippen molar-refractivity contribution in [2.75, 3.05) is 12.4 Å². The molecule has 1 aliphatic heterocycles. The van der Waals surface area contributed by atoms with Crippen LogP contribution in [0.3, 0.4) is 0 Å². The quantitative estimate of drug-likeness (QED) is 0.734. The van der Waals surface area contributed by atoms with Gasteiger partial charge in [0.15, 0.2) is 6.04 Å². The molecule has 1 aromatic rings. The van der Waals surface area contributed by atoms with E-state index in [1.807, 2.05) is 18.2 Å². The summed E-state index contributed by atoms with van der Waals surface area (Å²) in [7, 11) is 0. The molecule has 2 atom stereocenters. The Morgan fingerprint density at radius 2 is 1.91 bits per heavy atom. The fourth-order valence-electron chi connectivity index (χ4n) is 2.58. The summed E-state index contributed by atoms with van der Waals surface area (Å²) in [4.78, 5) is 12.2. The van der Waals surface area contributed by atoms with E-state index >= 15 is 0 Å². The van der Waals surface area contributed by atoms with Crippen molar-refractivity contribution in [3.8, 4) is 0 Å². The standard InChI is InChI=1S/C17H22N2O2S/c1-4-13-14(12-10-8-7-9-11-12)16(22-6-3)19-18-15(13)17(20)21-5-2/h7-11,15-16H,4-6H2,1-3H3. The average molecular weight is 318 g/mol. The van der Waals surface area contributed by atoms with E-state index in [0.717, 1.165) is 28.9 Å². The van der Waals surface area contributed by atoms with Gasteiger partial charge in [-0.2, -0.15) is 10.2 Å². The molecule has 2 rings (SSSR count). The molecule has 1 heterocycles. The summed E-state index contributed by atoms with van der Waals surface area (Å²) in [6, 6.07) is 9.54. The lowest BCUT2D eigenvalue weighted by Gasteiger charge is -2.26. The number of esters is 1. The summed E-state index contributed by atoms with van der Waals surface area (Å²) in [6.07, 6.45) is 0.757. The Morgan fingerprint density at radius 1 is 1.18 bits per heavy atom. The molecular formula is C17H22N2O2S. The van der Waals surface area contributed by atoms with Crippen molar-refractivity contribution in [3.63, 3.8) is 0 Å². The lowest BCUT2D eigenvalue weighted by atomic mass is 9.92. The van der Waals surface area contributed by atoms with Crippen molar-refractivity contribution >= 4 is 23.3 Å². The van der Waals surface area contributed by atoms with E-state index in [1.165, 1.54) is 0 Å². The van der Waals surface area contributed by atoms with Crippen LogP contribution >= 0.6 is 11.8 Å². The van der Waals surface area contributed by atoms with E-state index < -0.39 is 6.04 Å². The third-order valence-corrected chi connectivity index (χ3v) is 4.49. The first-order chi connectivity index (χ1) is 10.7. The van der Waals surface area contributed by atoms with Gasteiger partial charge in [-0.3, -0.25) is 0 Å². The third kappa shape index (κ3) is 3.58. The molecule has 5 heteroatoms. The van der Waals surface area contributed by atoms with Crippen LogP contribution in [0.1, 0.15) is 32.8 Å². The number of hydrogen-bond donors (Lipinski definition) is 0. The molecule has 4 nitrogen and oxygen atoms in total. The lowest BCUT2D eigenvalue weighted by molar-refractivity contribution is -0.143. The third-order valence-electron chi connectivity index (χ3n) is 3.51. The van der Waals surface area contributed by atoms with Crippen molar-refractivity contribution < 1.29 is 9.53 Å². The van der Waals surface area contributed by atoms with Crippen LogP contribution in [-0.4, -0.2) is 29.7 Å². The smallest absolute Gasteiger partial charge is 0.337 e. The maximum atomic E-state index is 12.2. The Hall–Kier alpha value is -1.62. The largest absolute Gasteiger partial charge is 0.464 e. The first-order valence-corrected chi connectivity index (χ1v) is 8.74. The van der Waals surface area contributed by atoms with Gasteiger partial charge < -0.3 is 4.74 Å². The molecule has 0 saturated carbocycles. The molecule has 22 heavy (non-hydrogen) atoms. The second-order valence-electron chi connectivity index (χ2n) is 4.85. The number of ether oxygens (including phenoxy) is 1. The average Bonchev–Trinajstić information content (AvgIpc) is 2.55. The van der Waals surface area contributed by atoms with Gasteiger partial charge >= 0.3 is 5.97 Å². The molecule has 0 N–H and O–H groups in total. The molecule has 0 aliphatic carbocycles. The summed E-state index contributed by atoms with van der Waals surface area (Å²) in [5.41, 5.74) is 3.24. The lowest BCUT2D eigenvalue weighted by Crippen LogP contribution is -2.28. The number of carbonyl (C=O) groups is 1. The van der Waals surface area contributed by atoms with Crippen LogP contribution in [0.4, 0.5) is 0 Å². The van der Waals surface area contributed by atoms with Gasteiger partial charge in [-0.1, -0.05) is 44.2 Å². The summed E-state index contributed by atoms with van der Waals surface area (Å²) in [6.45, 7) is 6.32. The minimum absolute atomic E-state index is 0.0481. The molecule has 0 aromatic heterocycles. The predicted molar refractivity (Wildman–Crippen MR) is 90.9 cm³/mol. The highest BCUT2D eigenvalue weighted by atomic mass is 32.2. The van der Waals surface area contributed by atoms with Crippen LogP contribution < -0.4 is 0 Å². The molecule has 118 valence electrons. The molecular weight excluding hydrogens is 296 g/mol. The van der Waals surface area contributed by atoms with Gasteiger partial charge in [0.1, 0.15) is 5.37 Å². The summed E-state index contributed by atoms with van der Waals surface area (Å²) >= 11 is 1.73. The van der Waals surface area contributed by atoms with Crippen molar-refractivity contribution in [1.29, 1.82) is 0 Å². The predicted octanol–water partition coefficient (Wildman–Crippen LogP) is 4.33. The fraction of sp³-hybridized carbons (Fsp3) is 0.471. The topological polar surface area (TPSA) is 51.0 Å². The van der Waals surface area contributed by atoms with E-state index in [4.69, 9.17) is 4.74 Å². The Bertz CT molecular complexity index is 569. The zero-order valence-corrected chi connectivity index (χ0v) is 14.1. The van der Waals surface area contributed by atoms with Gasteiger partial charge in [0.05, 0.1) is 6.61 Å². The van der Waals surface area contributed by atoms with Crippen LogP contribution in [0, 0.1) is 0 Å². The van der Waals surface area contributed by atoms with Crippen LogP contribution in [0.5, 0.6) is 0 Å². The molecule has 1 aromatic carbocycles. The van der Waals surface area contributed by atoms with Crippen molar-refractivity contribution in [3.05, 3.63) is 41.5 Å². The van der Waals surface area contributed by atoms with Gasteiger partial charge in [0, 0.05) is 0 Å². The Labute approximate surface area is 136 Å². The van der Waals surface area contributed by atoms with Crippen LogP contribution in [-0.2, 0) is 9.53 Å². The van der Waals surface area contributed by atoms with E-state index in [-0.39, 0.29) is 11.3 Å². The zero-order chi connectivity index (χ0) is 15.9. The summed E-state index contributed by atoms with van der Waals surface area (Å²) in [5.74, 6) is 0.637. The monoisotopic (exact) mass is 318 g/mol. The molecule has 0 radical (unpaired) electrons. The van der Waals surface area contributed by atoms with E-state index in [1.54, 1.807) is 18.7 Å². The van der Waals surface area contributed by atoms with Crippen molar-refractivity contribution in [2.24, 2.45) is 10.2 Å². The van der Waals surface area contributed by atoms with Crippen molar-refractivity contribution in [1.82, 2.24) is 0 Å². The number of carbonyl (C=O) groups excluding carboxylic acids is 1. The molecule has 0 fully saturated rings. The van der Waals surface area contributed by atoms with Gasteiger partial charge in [-0.05, 0) is 35.8 Å². The Kier molecular flexibility index (Phi) is 6.19. The Morgan fingerprint density at radius 3 is 2.50 bits per heavy atom. The van der Waals surface area contributed by atoms with E-state index in [0.29, 0.717) is 6.61 Å². The second kappa shape index (κ2) is 8.13. The summed E-state index contributed by atoms with van der Waals surface area (Å²) in [5, 5.41) is 8.59. The molecule has 0 saturated heterocycles. The van der Waals surface area contributed by atoms with Crippen molar-refractivity contribution in [2.45, 2.75) is 38.6 Å². The SMILES string of the molecule is CCOC(=O)C1N=NC(SCC)C(c2ccccc2)=C1CC. The highest BCUT2D eigenvalue weighted by Crippen LogP contribution is 2.38. The van der Waals surface area contributed by atoms with Gasteiger partial charge in [-0.25, -0.2) is 4.79 Å². The highest BCUT2D eigenvalue weighted by molar-refractivity contribution is 8.00. The van der Waals surface area contributed by atoms with Crippen LogP contribution in [0.2, 0.25) is 0 Å². The fourth-order valence-corrected chi connectivity index (χ4v) is 3.47. The molecule has 1 aliphatic rings. The number of nitrogens with zero attached hydrogens (tertiary/aromatic N) is 2. The first-order valence-electron chi connectivity index (χ1n) is 7.69. The minimum Gasteiger partial charge on any atom is -0.464 e. The minimum atomic E-state index is -0.603. The first kappa shape index (κ1) is 16.7. The van der Waals surface area contributed by atoms with Gasteiger partial charge in [0.25, 0.3) is 0 Å². The Balaban J connectivity index is 2.48. The van der Waals surface area contributed by atoms with E-state index in [2.05, 4.69) is 36.2 Å². The number of benzene rings is 1. The van der Waals surface area contributed by atoms with Gasteiger partial charge in [-0.15, -0.1) is 11.8 Å². The molecule has 0 bridgehead atoms. The number of hydrogen-bond acceptors (Lipinski definition) is 5. The maximum Gasteiger partial charge on any atom is 0.337 e. The summed E-state index contributed by atoms with van der Waals surface area (Å²) < 4.78 is 5.16. The molecule has 2 unspecified atom stereocenters. The normalized spacial score (nSPS) is 21.0.